The van der Waals surface area contributed by atoms with Crippen LogP contribution in [0.4, 0.5) is 0 Å². The average Bonchev–Trinajstić information content (AvgIpc) is 3.35. The van der Waals surface area contributed by atoms with Gasteiger partial charge in [0.1, 0.15) is 17.8 Å². The Hall–Kier alpha value is -4.05. The molecule has 1 saturated heterocycles. The summed E-state index contributed by atoms with van der Waals surface area (Å²) in [6, 6.07) is 25.5. The van der Waals surface area contributed by atoms with E-state index in [0.717, 1.165) is 0 Å². The van der Waals surface area contributed by atoms with Gasteiger partial charge in [-0.3, -0.25) is 0 Å². The lowest BCUT2D eigenvalue weighted by Gasteiger charge is -2.63. The van der Waals surface area contributed by atoms with Crippen molar-refractivity contribution in [1.82, 2.24) is 0 Å². The fourth-order valence-electron chi connectivity index (χ4n) is 7.82. The lowest BCUT2D eigenvalue weighted by molar-refractivity contribution is -0.318. The summed E-state index contributed by atoms with van der Waals surface area (Å²) in [7, 11) is 0. The maximum atomic E-state index is 13.8. The van der Waals surface area contributed by atoms with Gasteiger partial charge in [0, 0.05) is 5.41 Å². The van der Waals surface area contributed by atoms with Gasteiger partial charge in [0.25, 0.3) is 0 Å². The Morgan fingerprint density at radius 1 is 0.733 bits per heavy atom. The van der Waals surface area contributed by atoms with Crippen molar-refractivity contribution in [2.24, 2.45) is 11.3 Å². The Kier molecular flexibility index (Phi) is 8.05. The van der Waals surface area contributed by atoms with Crippen LogP contribution in [0.5, 0.6) is 0 Å². The normalized spacial score (nSPS) is 33.5. The standard InChI is InChI=1S/C36H38O9/c1-33-19-18-28(42-30(39)24-12-6-3-7-13-24)35(23-38,44-32(41)26-16-10-5-11-17-26)36(33)21-27(34(2,22-37)45-36)20-29(33)43-31(40)25-14-8-4-9-15-25/h3-17,27-29,37-38H,18-23H2,1-2H3/t27-,28-,29-,33+,34-,35+,36-/m1/s1. The molecule has 1 spiro atoms. The first-order valence-corrected chi connectivity index (χ1v) is 15.3. The molecule has 0 amide bonds. The van der Waals surface area contributed by atoms with E-state index in [-0.39, 0.29) is 30.9 Å². The SMILES string of the molecule is C[C@]1(CO)O[C@]23C[C@H]1C[C@@H](OC(=O)c1ccccc1)[C@]2(C)CC[C@@H](OC(=O)c1ccccc1)[C@]3(CO)OC(=O)c1ccccc1. The molecule has 2 N–H and O–H groups in total. The second-order valence-electron chi connectivity index (χ2n) is 12.8. The van der Waals surface area contributed by atoms with E-state index in [4.69, 9.17) is 18.9 Å². The molecular weight excluding hydrogens is 576 g/mol. The van der Waals surface area contributed by atoms with Crippen LogP contribution < -0.4 is 0 Å². The van der Waals surface area contributed by atoms with Gasteiger partial charge in [-0.05, 0) is 74.9 Å². The van der Waals surface area contributed by atoms with Gasteiger partial charge in [0.15, 0.2) is 0 Å². The van der Waals surface area contributed by atoms with Crippen molar-refractivity contribution >= 4 is 17.9 Å². The Balaban J connectivity index is 1.47. The smallest absolute Gasteiger partial charge is 0.339 e. The number of carbonyl (C=O) groups excluding carboxylic acids is 3. The highest BCUT2D eigenvalue weighted by atomic mass is 16.6. The molecule has 3 aromatic rings. The lowest BCUT2D eigenvalue weighted by atomic mass is 9.48. The highest BCUT2D eigenvalue weighted by Gasteiger charge is 2.80. The average molecular weight is 615 g/mol. The molecule has 0 unspecified atom stereocenters. The zero-order chi connectivity index (χ0) is 31.9. The molecule has 3 aliphatic rings. The number of aliphatic hydroxyl groups excluding tert-OH is 2. The summed E-state index contributed by atoms with van der Waals surface area (Å²) in [4.78, 5) is 40.7. The van der Waals surface area contributed by atoms with Crippen LogP contribution in [0.3, 0.4) is 0 Å². The predicted molar refractivity (Wildman–Crippen MR) is 162 cm³/mol. The fourth-order valence-corrected chi connectivity index (χ4v) is 7.82. The van der Waals surface area contributed by atoms with Crippen LogP contribution in [0.1, 0.15) is 70.6 Å². The minimum atomic E-state index is -1.92. The number of fused-ring (bicyclic) bond motifs is 1. The molecule has 6 rings (SSSR count). The van der Waals surface area contributed by atoms with E-state index in [0.29, 0.717) is 24.0 Å². The maximum absolute atomic E-state index is 13.8. The summed E-state index contributed by atoms with van der Waals surface area (Å²) < 4.78 is 25.7. The second-order valence-corrected chi connectivity index (χ2v) is 12.8. The molecule has 45 heavy (non-hydrogen) atoms. The third-order valence-electron chi connectivity index (χ3n) is 10.4. The molecule has 0 aromatic heterocycles. The van der Waals surface area contributed by atoms with Gasteiger partial charge < -0.3 is 29.2 Å². The summed E-state index contributed by atoms with van der Waals surface area (Å²) in [6.45, 7) is 2.57. The first-order chi connectivity index (χ1) is 21.6. The van der Waals surface area contributed by atoms with Crippen LogP contribution in [0.25, 0.3) is 0 Å². The predicted octanol–water partition coefficient (Wildman–Crippen LogP) is 4.76. The Morgan fingerprint density at radius 2 is 1.22 bits per heavy atom. The van der Waals surface area contributed by atoms with E-state index < -0.39 is 58.9 Å². The Labute approximate surface area is 262 Å². The fraction of sp³-hybridized carbons (Fsp3) is 0.417. The molecule has 3 aromatic carbocycles. The number of esters is 3. The van der Waals surface area contributed by atoms with Gasteiger partial charge in [0.2, 0.25) is 5.60 Å². The van der Waals surface area contributed by atoms with Gasteiger partial charge in [0.05, 0.1) is 35.5 Å². The van der Waals surface area contributed by atoms with Crippen LogP contribution in [-0.2, 0) is 18.9 Å². The number of benzene rings is 3. The first kappa shape index (κ1) is 31.0. The third kappa shape index (κ3) is 4.94. The van der Waals surface area contributed by atoms with Crippen molar-refractivity contribution < 1.29 is 43.5 Å². The molecule has 7 atom stereocenters. The number of carbonyl (C=O) groups is 3. The highest BCUT2D eigenvalue weighted by molar-refractivity contribution is 5.91. The zero-order valence-electron chi connectivity index (χ0n) is 25.4. The Morgan fingerprint density at radius 3 is 1.71 bits per heavy atom. The number of hydrogen-bond acceptors (Lipinski definition) is 9. The second kappa shape index (κ2) is 11.7. The van der Waals surface area contributed by atoms with E-state index in [9.17, 15) is 24.6 Å². The summed E-state index contributed by atoms with van der Waals surface area (Å²) in [6.07, 6.45) is -0.669. The number of rotatable bonds is 8. The molecule has 9 nitrogen and oxygen atoms in total. The summed E-state index contributed by atoms with van der Waals surface area (Å²) in [5.74, 6) is -2.23. The minimum Gasteiger partial charge on any atom is -0.458 e. The summed E-state index contributed by atoms with van der Waals surface area (Å²) in [5, 5.41) is 22.1. The van der Waals surface area contributed by atoms with Crippen LogP contribution >= 0.6 is 0 Å². The quantitative estimate of drug-likeness (QED) is 0.273. The molecule has 9 heteroatoms. The molecule has 2 saturated carbocycles. The van der Waals surface area contributed by atoms with Crippen molar-refractivity contribution in [3.8, 4) is 0 Å². The van der Waals surface area contributed by atoms with Gasteiger partial charge in [-0.2, -0.15) is 0 Å². The summed E-state index contributed by atoms with van der Waals surface area (Å²) in [5.41, 5.74) is -4.65. The molecule has 1 aliphatic heterocycles. The monoisotopic (exact) mass is 614 g/mol. The van der Waals surface area contributed by atoms with Crippen molar-refractivity contribution in [3.05, 3.63) is 108 Å². The summed E-state index contributed by atoms with van der Waals surface area (Å²) >= 11 is 0. The largest absolute Gasteiger partial charge is 0.458 e. The van der Waals surface area contributed by atoms with Gasteiger partial charge in [-0.25, -0.2) is 14.4 Å². The molecule has 2 bridgehead atoms. The first-order valence-electron chi connectivity index (χ1n) is 15.3. The molecule has 236 valence electrons. The van der Waals surface area contributed by atoms with Crippen molar-refractivity contribution in [2.75, 3.05) is 13.2 Å². The van der Waals surface area contributed by atoms with Crippen LogP contribution in [0.2, 0.25) is 0 Å². The van der Waals surface area contributed by atoms with Gasteiger partial charge >= 0.3 is 17.9 Å². The van der Waals surface area contributed by atoms with Gasteiger partial charge in [-0.1, -0.05) is 61.5 Å². The molecule has 2 aliphatic carbocycles. The Bertz CT molecular complexity index is 1550. The zero-order valence-corrected chi connectivity index (χ0v) is 25.4. The van der Waals surface area contributed by atoms with Crippen LogP contribution in [0, 0.1) is 11.3 Å². The van der Waals surface area contributed by atoms with Crippen molar-refractivity contribution in [2.45, 2.75) is 68.5 Å². The molecular formula is C36H38O9. The number of aliphatic hydroxyl groups is 2. The van der Waals surface area contributed by atoms with Crippen molar-refractivity contribution in [1.29, 1.82) is 0 Å². The van der Waals surface area contributed by atoms with Crippen LogP contribution in [-0.4, -0.2) is 70.3 Å². The van der Waals surface area contributed by atoms with E-state index in [1.807, 2.05) is 13.0 Å². The van der Waals surface area contributed by atoms with Gasteiger partial charge in [-0.15, -0.1) is 0 Å². The van der Waals surface area contributed by atoms with Crippen molar-refractivity contribution in [3.63, 3.8) is 0 Å². The lowest BCUT2D eigenvalue weighted by Crippen LogP contribution is -2.77. The van der Waals surface area contributed by atoms with E-state index in [1.54, 1.807) is 91.9 Å². The topological polar surface area (TPSA) is 129 Å². The third-order valence-corrected chi connectivity index (χ3v) is 10.4. The highest BCUT2D eigenvalue weighted by Crippen LogP contribution is 2.68. The maximum Gasteiger partial charge on any atom is 0.339 e. The number of hydrogen-bond donors (Lipinski definition) is 2. The number of ether oxygens (including phenoxy) is 4. The van der Waals surface area contributed by atoms with E-state index in [2.05, 4.69) is 0 Å². The molecule has 1 heterocycles. The minimum absolute atomic E-state index is 0.183. The van der Waals surface area contributed by atoms with E-state index in [1.165, 1.54) is 0 Å². The molecule has 3 fully saturated rings. The van der Waals surface area contributed by atoms with E-state index >= 15 is 0 Å². The van der Waals surface area contributed by atoms with Crippen LogP contribution in [0.15, 0.2) is 91.0 Å². The molecule has 0 radical (unpaired) electrons.